The number of pyridine rings is 1. The molecule has 4 nitrogen and oxygen atoms in total. The Bertz CT molecular complexity index is 388. The maximum absolute atomic E-state index is 11.9. The fraction of sp³-hybridized carbons (Fsp3) is 0.600. The molecule has 0 bridgehead atoms. The van der Waals surface area contributed by atoms with Crippen molar-refractivity contribution in [3.05, 3.63) is 30.1 Å². The van der Waals surface area contributed by atoms with Gasteiger partial charge in [0, 0.05) is 24.5 Å². The highest BCUT2D eigenvalue weighted by atomic mass is 16.1. The first kappa shape index (κ1) is 14.0. The highest BCUT2D eigenvalue weighted by Gasteiger charge is 2.15. The van der Waals surface area contributed by atoms with Gasteiger partial charge in [0.25, 0.3) is 0 Å². The largest absolute Gasteiger partial charge is 0.352 e. The third kappa shape index (κ3) is 4.63. The summed E-state index contributed by atoms with van der Waals surface area (Å²) in [6, 6.07) is 4.49. The highest BCUT2D eigenvalue weighted by Crippen LogP contribution is 2.17. The lowest BCUT2D eigenvalue weighted by Gasteiger charge is -2.23. The van der Waals surface area contributed by atoms with Crippen molar-refractivity contribution >= 4 is 5.91 Å². The first-order chi connectivity index (χ1) is 9.25. The van der Waals surface area contributed by atoms with E-state index in [0.29, 0.717) is 12.6 Å². The van der Waals surface area contributed by atoms with E-state index in [0.717, 1.165) is 18.4 Å². The number of aromatic nitrogens is 1. The molecule has 1 fully saturated rings. The number of hydrogen-bond acceptors (Lipinski definition) is 3. The van der Waals surface area contributed by atoms with Crippen LogP contribution >= 0.6 is 0 Å². The Morgan fingerprint density at radius 3 is 2.68 bits per heavy atom. The van der Waals surface area contributed by atoms with E-state index < -0.39 is 0 Å². The summed E-state index contributed by atoms with van der Waals surface area (Å²) in [5.41, 5.74) is 1.15. The van der Waals surface area contributed by atoms with Crippen molar-refractivity contribution in [2.24, 2.45) is 0 Å². The van der Waals surface area contributed by atoms with E-state index in [2.05, 4.69) is 22.5 Å². The van der Waals surface area contributed by atoms with Crippen LogP contribution in [0.15, 0.2) is 24.5 Å². The standard InChI is InChI=1S/C15H23N3O/c1-12(13-7-9-16-10-8-13)17-11-15(19)18-14-5-3-2-4-6-14/h7-10,12,14,17H,2-6,11H2,1H3,(H,18,19)/t12-/m1/s1. The lowest BCUT2D eigenvalue weighted by atomic mass is 9.95. The lowest BCUT2D eigenvalue weighted by Crippen LogP contribution is -2.41. The fourth-order valence-electron chi connectivity index (χ4n) is 2.54. The predicted molar refractivity (Wildman–Crippen MR) is 75.7 cm³/mol. The van der Waals surface area contributed by atoms with Crippen LogP contribution in [0, 0.1) is 0 Å². The third-order valence-electron chi connectivity index (χ3n) is 3.75. The van der Waals surface area contributed by atoms with Gasteiger partial charge in [0.2, 0.25) is 5.91 Å². The quantitative estimate of drug-likeness (QED) is 0.854. The van der Waals surface area contributed by atoms with Crippen molar-refractivity contribution in [3.8, 4) is 0 Å². The van der Waals surface area contributed by atoms with Gasteiger partial charge in [-0.15, -0.1) is 0 Å². The summed E-state index contributed by atoms with van der Waals surface area (Å²) in [5, 5.41) is 6.36. The van der Waals surface area contributed by atoms with Crippen molar-refractivity contribution in [1.29, 1.82) is 0 Å². The summed E-state index contributed by atoms with van der Waals surface area (Å²) in [4.78, 5) is 15.9. The zero-order valence-electron chi connectivity index (χ0n) is 11.6. The molecule has 1 atom stereocenters. The molecular formula is C15H23N3O. The van der Waals surface area contributed by atoms with Crippen LogP contribution in [-0.4, -0.2) is 23.5 Å². The molecule has 0 radical (unpaired) electrons. The number of hydrogen-bond donors (Lipinski definition) is 2. The van der Waals surface area contributed by atoms with Gasteiger partial charge in [-0.3, -0.25) is 9.78 Å². The van der Waals surface area contributed by atoms with Crippen LogP contribution in [0.25, 0.3) is 0 Å². The fourth-order valence-corrected chi connectivity index (χ4v) is 2.54. The summed E-state index contributed by atoms with van der Waals surface area (Å²) >= 11 is 0. The van der Waals surface area contributed by atoms with Crippen LogP contribution in [0.1, 0.15) is 50.6 Å². The van der Waals surface area contributed by atoms with E-state index in [-0.39, 0.29) is 11.9 Å². The minimum atomic E-state index is 0.104. The molecule has 1 aliphatic rings. The molecule has 0 saturated heterocycles. The van der Waals surface area contributed by atoms with Gasteiger partial charge in [0.15, 0.2) is 0 Å². The van der Waals surface area contributed by atoms with Crippen LogP contribution in [0.2, 0.25) is 0 Å². The van der Waals surface area contributed by atoms with Gasteiger partial charge >= 0.3 is 0 Å². The summed E-state index contributed by atoms with van der Waals surface area (Å²) in [6.07, 6.45) is 9.60. The Hall–Kier alpha value is -1.42. The van der Waals surface area contributed by atoms with Gasteiger partial charge in [-0.25, -0.2) is 0 Å². The first-order valence-corrected chi connectivity index (χ1v) is 7.18. The molecule has 19 heavy (non-hydrogen) atoms. The molecule has 2 N–H and O–H groups in total. The number of amides is 1. The smallest absolute Gasteiger partial charge is 0.234 e. The number of nitrogens with zero attached hydrogens (tertiary/aromatic N) is 1. The molecule has 0 aromatic carbocycles. The average Bonchev–Trinajstić information content (AvgIpc) is 2.47. The van der Waals surface area contributed by atoms with Gasteiger partial charge < -0.3 is 10.6 Å². The second kappa shape index (κ2) is 7.24. The predicted octanol–water partition coefficient (Wildman–Crippen LogP) is 2.18. The van der Waals surface area contributed by atoms with Crippen molar-refractivity contribution in [3.63, 3.8) is 0 Å². The minimum absolute atomic E-state index is 0.104. The molecule has 0 spiro atoms. The second-order valence-corrected chi connectivity index (χ2v) is 5.29. The summed E-state index contributed by atoms with van der Waals surface area (Å²) in [6.45, 7) is 2.43. The van der Waals surface area contributed by atoms with Crippen LogP contribution in [0.4, 0.5) is 0 Å². The molecule has 1 aliphatic carbocycles. The minimum Gasteiger partial charge on any atom is -0.352 e. The highest BCUT2D eigenvalue weighted by molar-refractivity contribution is 5.78. The van der Waals surface area contributed by atoms with Crippen LogP contribution < -0.4 is 10.6 Å². The van der Waals surface area contributed by atoms with Gasteiger partial charge in [-0.05, 0) is 37.5 Å². The SMILES string of the molecule is C[C@@H](NCC(=O)NC1CCCCC1)c1ccncc1. The third-order valence-corrected chi connectivity index (χ3v) is 3.75. The Labute approximate surface area is 115 Å². The zero-order valence-corrected chi connectivity index (χ0v) is 11.6. The maximum atomic E-state index is 11.9. The van der Waals surface area contributed by atoms with E-state index in [1.54, 1.807) is 12.4 Å². The van der Waals surface area contributed by atoms with Crippen LogP contribution in [-0.2, 0) is 4.79 Å². The molecule has 104 valence electrons. The van der Waals surface area contributed by atoms with Gasteiger partial charge in [0.1, 0.15) is 0 Å². The molecule has 2 rings (SSSR count). The van der Waals surface area contributed by atoms with Gasteiger partial charge in [-0.1, -0.05) is 19.3 Å². The maximum Gasteiger partial charge on any atom is 0.234 e. The van der Waals surface area contributed by atoms with Crippen molar-refractivity contribution in [1.82, 2.24) is 15.6 Å². The Morgan fingerprint density at radius 2 is 2.00 bits per heavy atom. The number of rotatable bonds is 5. The first-order valence-electron chi connectivity index (χ1n) is 7.18. The molecular weight excluding hydrogens is 238 g/mol. The van der Waals surface area contributed by atoms with E-state index in [1.165, 1.54) is 19.3 Å². The number of carbonyl (C=O) groups is 1. The Kier molecular flexibility index (Phi) is 5.33. The molecule has 1 heterocycles. The number of carbonyl (C=O) groups excluding carboxylic acids is 1. The van der Waals surface area contributed by atoms with Crippen LogP contribution in [0.3, 0.4) is 0 Å². The van der Waals surface area contributed by atoms with Crippen molar-refractivity contribution in [2.45, 2.75) is 51.1 Å². The molecule has 0 aliphatic heterocycles. The second-order valence-electron chi connectivity index (χ2n) is 5.29. The van der Waals surface area contributed by atoms with Gasteiger partial charge in [-0.2, -0.15) is 0 Å². The molecule has 0 unspecified atom stereocenters. The summed E-state index contributed by atoms with van der Waals surface area (Å²) in [5.74, 6) is 0.104. The van der Waals surface area contributed by atoms with Crippen molar-refractivity contribution < 1.29 is 4.79 Å². The molecule has 1 saturated carbocycles. The summed E-state index contributed by atoms with van der Waals surface area (Å²) in [7, 11) is 0. The van der Waals surface area contributed by atoms with E-state index in [1.807, 2.05) is 12.1 Å². The molecule has 1 aromatic heterocycles. The van der Waals surface area contributed by atoms with Crippen LogP contribution in [0.5, 0.6) is 0 Å². The average molecular weight is 261 g/mol. The number of nitrogens with one attached hydrogen (secondary N) is 2. The normalized spacial score (nSPS) is 17.9. The monoisotopic (exact) mass is 261 g/mol. The molecule has 1 aromatic rings. The topological polar surface area (TPSA) is 54.0 Å². The molecule has 1 amide bonds. The van der Waals surface area contributed by atoms with Crippen molar-refractivity contribution in [2.75, 3.05) is 6.54 Å². The Morgan fingerprint density at radius 1 is 1.32 bits per heavy atom. The zero-order chi connectivity index (χ0) is 13.5. The lowest BCUT2D eigenvalue weighted by molar-refractivity contribution is -0.121. The Balaban J connectivity index is 1.71. The van der Waals surface area contributed by atoms with E-state index in [4.69, 9.17) is 0 Å². The van der Waals surface area contributed by atoms with Gasteiger partial charge in [0.05, 0.1) is 6.54 Å². The van der Waals surface area contributed by atoms with E-state index in [9.17, 15) is 4.79 Å². The molecule has 4 heteroatoms. The van der Waals surface area contributed by atoms with E-state index >= 15 is 0 Å². The summed E-state index contributed by atoms with van der Waals surface area (Å²) < 4.78 is 0.